The number of hydrogen-bond acceptors (Lipinski definition) is 2. The Morgan fingerprint density at radius 3 is 2.82 bits per heavy atom. The van der Waals surface area contributed by atoms with Crippen LogP contribution in [-0.2, 0) is 4.79 Å². The highest BCUT2D eigenvalue weighted by molar-refractivity contribution is 5.97. The standard InChI is InChI=1S/C13H16FNO2/c1-8(2)15-11-5-4-10(14)6-12(11)17-7-9(3)13(15)16/h4-6,8-9H,7H2,1-3H3. The minimum atomic E-state index is -0.352. The first-order chi connectivity index (χ1) is 8.00. The van der Waals surface area contributed by atoms with Crippen LogP contribution in [0.25, 0.3) is 0 Å². The predicted octanol–water partition coefficient (Wildman–Crippen LogP) is 2.60. The van der Waals surface area contributed by atoms with Crippen LogP contribution in [0.1, 0.15) is 20.8 Å². The van der Waals surface area contributed by atoms with E-state index in [1.165, 1.54) is 12.1 Å². The Morgan fingerprint density at radius 1 is 1.47 bits per heavy atom. The number of amides is 1. The molecule has 3 nitrogen and oxygen atoms in total. The molecule has 0 spiro atoms. The summed E-state index contributed by atoms with van der Waals surface area (Å²) in [6.07, 6.45) is 0. The summed E-state index contributed by atoms with van der Waals surface area (Å²) in [5.41, 5.74) is 0.649. The number of halogens is 1. The van der Waals surface area contributed by atoms with Crippen molar-refractivity contribution in [3.05, 3.63) is 24.0 Å². The van der Waals surface area contributed by atoms with Gasteiger partial charge in [-0.1, -0.05) is 6.92 Å². The Morgan fingerprint density at radius 2 is 2.18 bits per heavy atom. The van der Waals surface area contributed by atoms with E-state index < -0.39 is 0 Å². The highest BCUT2D eigenvalue weighted by Crippen LogP contribution is 2.34. The quantitative estimate of drug-likeness (QED) is 0.751. The number of nitrogens with zero attached hydrogens (tertiary/aromatic N) is 1. The molecule has 1 atom stereocenters. The molecule has 1 unspecified atom stereocenters. The topological polar surface area (TPSA) is 29.5 Å². The van der Waals surface area contributed by atoms with Gasteiger partial charge in [-0.15, -0.1) is 0 Å². The van der Waals surface area contributed by atoms with Gasteiger partial charge in [0.05, 0.1) is 18.2 Å². The lowest BCUT2D eigenvalue weighted by Crippen LogP contribution is -2.40. The average Bonchev–Trinajstić information content (AvgIpc) is 2.38. The summed E-state index contributed by atoms with van der Waals surface area (Å²) in [5.74, 6) is -0.107. The molecule has 0 bridgehead atoms. The molecule has 1 heterocycles. The maximum absolute atomic E-state index is 13.2. The molecule has 0 saturated carbocycles. The maximum atomic E-state index is 13.2. The second kappa shape index (κ2) is 4.35. The van der Waals surface area contributed by atoms with Crippen molar-refractivity contribution in [1.29, 1.82) is 0 Å². The van der Waals surface area contributed by atoms with Gasteiger partial charge in [-0.2, -0.15) is 0 Å². The Hall–Kier alpha value is -1.58. The summed E-state index contributed by atoms with van der Waals surface area (Å²) < 4.78 is 18.7. The van der Waals surface area contributed by atoms with Crippen molar-refractivity contribution in [3.8, 4) is 5.75 Å². The van der Waals surface area contributed by atoms with Crippen molar-refractivity contribution >= 4 is 11.6 Å². The first-order valence-corrected chi connectivity index (χ1v) is 5.76. The zero-order chi connectivity index (χ0) is 12.6. The van der Waals surface area contributed by atoms with E-state index in [0.29, 0.717) is 18.0 Å². The number of fused-ring (bicyclic) bond motifs is 1. The SMILES string of the molecule is CC1COc2cc(F)ccc2N(C(C)C)C1=O. The van der Waals surface area contributed by atoms with Crippen LogP contribution in [0.3, 0.4) is 0 Å². The van der Waals surface area contributed by atoms with Gasteiger partial charge in [0.15, 0.2) is 0 Å². The Labute approximate surface area is 100 Å². The molecule has 0 N–H and O–H groups in total. The van der Waals surface area contributed by atoms with Crippen LogP contribution < -0.4 is 9.64 Å². The number of benzene rings is 1. The number of hydrogen-bond donors (Lipinski definition) is 0. The van der Waals surface area contributed by atoms with E-state index >= 15 is 0 Å². The maximum Gasteiger partial charge on any atom is 0.233 e. The van der Waals surface area contributed by atoms with Gasteiger partial charge < -0.3 is 9.64 Å². The van der Waals surface area contributed by atoms with Gasteiger partial charge in [0, 0.05) is 12.1 Å². The second-order valence-electron chi connectivity index (χ2n) is 4.63. The normalized spacial score (nSPS) is 19.9. The molecule has 1 aliphatic rings. The molecule has 1 aliphatic heterocycles. The second-order valence-corrected chi connectivity index (χ2v) is 4.63. The molecule has 0 saturated heterocycles. The number of rotatable bonds is 1. The summed E-state index contributed by atoms with van der Waals surface area (Å²) in [7, 11) is 0. The van der Waals surface area contributed by atoms with E-state index in [4.69, 9.17) is 4.74 Å². The molecule has 0 aromatic heterocycles. The van der Waals surface area contributed by atoms with Gasteiger partial charge in [-0.05, 0) is 26.0 Å². The Bertz CT molecular complexity index is 445. The van der Waals surface area contributed by atoms with Crippen LogP contribution in [0.4, 0.5) is 10.1 Å². The molecule has 92 valence electrons. The van der Waals surface area contributed by atoms with E-state index in [1.54, 1.807) is 11.0 Å². The monoisotopic (exact) mass is 237 g/mol. The van der Waals surface area contributed by atoms with Gasteiger partial charge >= 0.3 is 0 Å². The molecule has 2 rings (SSSR count). The summed E-state index contributed by atoms with van der Waals surface area (Å²) in [6.45, 7) is 5.98. The molecule has 1 aromatic carbocycles. The fourth-order valence-electron chi connectivity index (χ4n) is 1.98. The third-order valence-corrected chi connectivity index (χ3v) is 2.85. The first-order valence-electron chi connectivity index (χ1n) is 5.76. The smallest absolute Gasteiger partial charge is 0.233 e. The number of carbonyl (C=O) groups is 1. The lowest BCUT2D eigenvalue weighted by molar-refractivity contribution is -0.122. The largest absolute Gasteiger partial charge is 0.490 e. The summed E-state index contributed by atoms with van der Waals surface area (Å²) >= 11 is 0. The van der Waals surface area contributed by atoms with Gasteiger partial charge in [-0.3, -0.25) is 4.79 Å². The van der Waals surface area contributed by atoms with Crippen molar-refractivity contribution < 1.29 is 13.9 Å². The van der Waals surface area contributed by atoms with E-state index in [0.717, 1.165) is 0 Å². The van der Waals surface area contributed by atoms with Gasteiger partial charge in [0.25, 0.3) is 0 Å². The lowest BCUT2D eigenvalue weighted by Gasteiger charge is -2.27. The highest BCUT2D eigenvalue weighted by atomic mass is 19.1. The predicted molar refractivity (Wildman–Crippen MR) is 63.7 cm³/mol. The van der Waals surface area contributed by atoms with E-state index in [-0.39, 0.29) is 23.7 Å². The van der Waals surface area contributed by atoms with Crippen LogP contribution in [0.15, 0.2) is 18.2 Å². The molecule has 1 aromatic rings. The van der Waals surface area contributed by atoms with Crippen LogP contribution in [0.2, 0.25) is 0 Å². The van der Waals surface area contributed by atoms with Crippen molar-refractivity contribution in [2.45, 2.75) is 26.8 Å². The molecular formula is C13H16FNO2. The van der Waals surface area contributed by atoms with Gasteiger partial charge in [-0.25, -0.2) is 4.39 Å². The third-order valence-electron chi connectivity index (χ3n) is 2.85. The van der Waals surface area contributed by atoms with Crippen LogP contribution in [0.5, 0.6) is 5.75 Å². The summed E-state index contributed by atoms with van der Waals surface area (Å²) in [4.78, 5) is 13.9. The van der Waals surface area contributed by atoms with Crippen LogP contribution >= 0.6 is 0 Å². The first kappa shape index (κ1) is 11.9. The average molecular weight is 237 g/mol. The highest BCUT2D eigenvalue weighted by Gasteiger charge is 2.30. The molecule has 4 heteroatoms. The lowest BCUT2D eigenvalue weighted by atomic mass is 10.1. The number of carbonyl (C=O) groups excluding carboxylic acids is 1. The molecule has 0 radical (unpaired) electrons. The summed E-state index contributed by atoms with van der Waals surface area (Å²) in [5, 5.41) is 0. The van der Waals surface area contributed by atoms with Crippen LogP contribution in [-0.4, -0.2) is 18.6 Å². The molecule has 17 heavy (non-hydrogen) atoms. The fourth-order valence-corrected chi connectivity index (χ4v) is 1.98. The van der Waals surface area contributed by atoms with E-state index in [2.05, 4.69) is 0 Å². The molecule has 0 fully saturated rings. The van der Waals surface area contributed by atoms with Crippen molar-refractivity contribution in [2.24, 2.45) is 5.92 Å². The van der Waals surface area contributed by atoms with E-state index in [1.807, 2.05) is 20.8 Å². The molecule has 0 aliphatic carbocycles. The van der Waals surface area contributed by atoms with Crippen molar-refractivity contribution in [1.82, 2.24) is 0 Å². The Balaban J connectivity index is 2.52. The van der Waals surface area contributed by atoms with Gasteiger partial charge in [0.1, 0.15) is 11.6 Å². The number of ether oxygens (including phenoxy) is 1. The molecular weight excluding hydrogens is 221 g/mol. The number of anilines is 1. The fraction of sp³-hybridized carbons (Fsp3) is 0.462. The Kier molecular flexibility index (Phi) is 3.05. The van der Waals surface area contributed by atoms with Crippen molar-refractivity contribution in [3.63, 3.8) is 0 Å². The summed E-state index contributed by atoms with van der Waals surface area (Å²) in [6, 6.07) is 4.30. The minimum absolute atomic E-state index is 0.0189. The zero-order valence-electron chi connectivity index (χ0n) is 10.2. The van der Waals surface area contributed by atoms with Crippen molar-refractivity contribution in [2.75, 3.05) is 11.5 Å². The third kappa shape index (κ3) is 2.12. The zero-order valence-corrected chi connectivity index (χ0v) is 10.2. The molecule has 1 amide bonds. The van der Waals surface area contributed by atoms with E-state index in [9.17, 15) is 9.18 Å². The minimum Gasteiger partial charge on any atom is -0.490 e. The van der Waals surface area contributed by atoms with Gasteiger partial charge in [0.2, 0.25) is 5.91 Å². The van der Waals surface area contributed by atoms with Crippen LogP contribution in [0, 0.1) is 11.7 Å².